The van der Waals surface area contributed by atoms with Crippen molar-refractivity contribution >= 4 is 33.5 Å². The molecule has 72 valence electrons. The Hall–Kier alpha value is 0.290. The Kier molecular flexibility index (Phi) is 4.10. The van der Waals surface area contributed by atoms with E-state index in [1.54, 1.807) is 0 Å². The molecular weight excluding hydrogens is 257 g/mol. The van der Waals surface area contributed by atoms with Crippen molar-refractivity contribution < 1.29 is 18.0 Å². The van der Waals surface area contributed by atoms with Gasteiger partial charge in [-0.05, 0) is 25.6 Å². The van der Waals surface area contributed by atoms with Crippen LogP contribution in [0.25, 0.3) is 0 Å². The summed E-state index contributed by atoms with van der Waals surface area (Å²) in [4.78, 5) is 10.9. The Morgan fingerprint density at radius 1 is 1.42 bits per heavy atom. The van der Waals surface area contributed by atoms with Gasteiger partial charge in [0.05, 0.1) is 10.1 Å². The molecule has 0 spiro atoms. The van der Waals surface area contributed by atoms with Gasteiger partial charge in [-0.25, -0.2) is 0 Å². The van der Waals surface area contributed by atoms with Crippen LogP contribution in [-0.4, -0.2) is 21.4 Å². The highest BCUT2D eigenvalue weighted by Gasteiger charge is 2.41. The maximum atomic E-state index is 11.8. The number of rotatable bonds is 3. The smallest absolute Gasteiger partial charge is 0.297 e. The van der Waals surface area contributed by atoms with E-state index >= 15 is 0 Å². The van der Waals surface area contributed by atoms with Crippen molar-refractivity contribution in [1.82, 2.24) is 0 Å². The highest BCUT2D eigenvalue weighted by molar-refractivity contribution is 9.09. The van der Waals surface area contributed by atoms with Crippen molar-refractivity contribution in [3.8, 4) is 0 Å². The van der Waals surface area contributed by atoms with E-state index in [9.17, 15) is 18.0 Å². The summed E-state index contributed by atoms with van der Waals surface area (Å²) in [6.45, 7) is 2.52. The third kappa shape index (κ3) is 4.35. The number of Topliss-reactive ketones (excluding diaryl/α,β-unsaturated/α-hetero) is 1. The second-order valence-electron chi connectivity index (χ2n) is 2.61. The fourth-order valence-electron chi connectivity index (χ4n) is 0.507. The Labute approximate surface area is 81.2 Å². The van der Waals surface area contributed by atoms with Gasteiger partial charge in [-0.2, -0.15) is 13.2 Å². The van der Waals surface area contributed by atoms with E-state index in [0.29, 0.717) is 0 Å². The molecule has 0 saturated carbocycles. The highest BCUT2D eigenvalue weighted by atomic mass is 79.9. The van der Waals surface area contributed by atoms with Crippen molar-refractivity contribution in [2.24, 2.45) is 0 Å². The van der Waals surface area contributed by atoms with Crippen LogP contribution >= 0.6 is 27.7 Å². The lowest BCUT2D eigenvalue weighted by atomic mass is 10.1. The molecule has 0 bridgehead atoms. The van der Waals surface area contributed by atoms with Crippen LogP contribution in [0.1, 0.15) is 13.8 Å². The molecule has 1 nitrogen and oxygen atoms in total. The summed E-state index contributed by atoms with van der Waals surface area (Å²) in [6.07, 6.45) is 0. The molecule has 6 heteroatoms. The summed E-state index contributed by atoms with van der Waals surface area (Å²) in [5.41, 5.74) is -4.36. The number of hydrogen-bond donors (Lipinski definition) is 0. The number of hydrogen-bond acceptors (Lipinski definition) is 2. The number of halogens is 4. The van der Waals surface area contributed by atoms with Gasteiger partial charge in [0.2, 0.25) is 0 Å². The fraction of sp³-hybridized carbons (Fsp3) is 0.833. The zero-order valence-corrected chi connectivity index (χ0v) is 8.94. The van der Waals surface area contributed by atoms with Crippen molar-refractivity contribution in [2.75, 3.05) is 5.33 Å². The molecule has 0 heterocycles. The zero-order chi connectivity index (χ0) is 9.99. The maximum absolute atomic E-state index is 11.8. The molecule has 0 aromatic heterocycles. The van der Waals surface area contributed by atoms with Crippen LogP contribution in [0.5, 0.6) is 0 Å². The zero-order valence-electron chi connectivity index (χ0n) is 6.54. The van der Waals surface area contributed by atoms with Gasteiger partial charge in [-0.1, -0.05) is 15.9 Å². The molecule has 0 aromatic carbocycles. The molecule has 0 amide bonds. The summed E-state index contributed by atoms with van der Waals surface area (Å²) in [6, 6.07) is 0. The van der Waals surface area contributed by atoms with Crippen molar-refractivity contribution in [2.45, 2.75) is 24.1 Å². The van der Waals surface area contributed by atoms with Gasteiger partial charge in [0, 0.05) is 0 Å². The number of carbonyl (C=O) groups excluding carboxylic acids is 1. The topological polar surface area (TPSA) is 17.1 Å². The molecular formula is C6H8BrF3OS. The van der Waals surface area contributed by atoms with E-state index in [-0.39, 0.29) is 17.1 Å². The predicted octanol–water partition coefficient (Wildman–Crippen LogP) is 2.98. The highest BCUT2D eigenvalue weighted by Crippen LogP contribution is 2.40. The molecule has 0 rings (SSSR count). The summed E-state index contributed by atoms with van der Waals surface area (Å²) in [5, 5.41) is -0.0525. The normalized spacial score (nSPS) is 13.2. The molecule has 0 aliphatic rings. The first-order valence-corrected chi connectivity index (χ1v) is 4.99. The summed E-state index contributed by atoms with van der Waals surface area (Å²) >= 11 is 2.54. The van der Waals surface area contributed by atoms with Crippen LogP contribution < -0.4 is 0 Å². The Morgan fingerprint density at radius 2 is 1.83 bits per heavy atom. The second kappa shape index (κ2) is 4.00. The van der Waals surface area contributed by atoms with Crippen LogP contribution in [0.15, 0.2) is 0 Å². The van der Waals surface area contributed by atoms with Crippen molar-refractivity contribution in [1.29, 1.82) is 0 Å². The first-order chi connectivity index (χ1) is 5.19. The summed E-state index contributed by atoms with van der Waals surface area (Å²) in [5.74, 6) is -0.468. The quantitative estimate of drug-likeness (QED) is 0.730. The fourth-order valence-corrected chi connectivity index (χ4v) is 2.16. The number of carbonyl (C=O) groups is 1. The Balaban J connectivity index is 4.32. The molecule has 0 unspecified atom stereocenters. The molecule has 0 saturated heterocycles. The molecule has 12 heavy (non-hydrogen) atoms. The lowest BCUT2D eigenvalue weighted by Crippen LogP contribution is -2.32. The SMILES string of the molecule is CC(C)(SC(F)(F)F)C(=O)CBr. The summed E-state index contributed by atoms with van der Waals surface area (Å²) < 4.78 is 34.1. The minimum Gasteiger partial charge on any atom is -0.297 e. The maximum Gasteiger partial charge on any atom is 0.442 e. The Bertz CT molecular complexity index is 178. The first-order valence-electron chi connectivity index (χ1n) is 3.05. The van der Waals surface area contributed by atoms with Gasteiger partial charge >= 0.3 is 5.51 Å². The second-order valence-corrected chi connectivity index (χ2v) is 4.86. The van der Waals surface area contributed by atoms with Crippen LogP contribution in [0.4, 0.5) is 13.2 Å². The Morgan fingerprint density at radius 3 is 2.08 bits per heavy atom. The minimum atomic E-state index is -4.36. The number of alkyl halides is 4. The molecule has 0 N–H and O–H groups in total. The van der Waals surface area contributed by atoms with Crippen LogP contribution in [0, 0.1) is 0 Å². The predicted molar refractivity (Wildman–Crippen MR) is 46.5 cm³/mol. The van der Waals surface area contributed by atoms with Gasteiger partial charge in [0.15, 0.2) is 5.78 Å². The summed E-state index contributed by atoms with van der Waals surface area (Å²) in [7, 11) is 0. The number of ketones is 1. The van der Waals surface area contributed by atoms with E-state index in [1.165, 1.54) is 13.8 Å². The number of thioether (sulfide) groups is 1. The first kappa shape index (κ1) is 12.3. The third-order valence-corrected chi connectivity index (χ3v) is 2.64. The van der Waals surface area contributed by atoms with E-state index in [2.05, 4.69) is 15.9 Å². The van der Waals surface area contributed by atoms with E-state index in [1.807, 2.05) is 0 Å². The van der Waals surface area contributed by atoms with Gasteiger partial charge in [-0.3, -0.25) is 4.79 Å². The van der Waals surface area contributed by atoms with E-state index in [0.717, 1.165) is 0 Å². The molecule has 0 radical (unpaired) electrons. The van der Waals surface area contributed by atoms with Gasteiger partial charge in [0.1, 0.15) is 0 Å². The molecule has 0 aliphatic heterocycles. The van der Waals surface area contributed by atoms with E-state index in [4.69, 9.17) is 0 Å². The van der Waals surface area contributed by atoms with E-state index < -0.39 is 16.0 Å². The lowest BCUT2D eigenvalue weighted by molar-refractivity contribution is -0.118. The molecule has 0 atom stereocenters. The monoisotopic (exact) mass is 264 g/mol. The molecule has 0 aromatic rings. The van der Waals surface area contributed by atoms with Crippen molar-refractivity contribution in [3.63, 3.8) is 0 Å². The third-order valence-electron chi connectivity index (χ3n) is 1.16. The minimum absolute atomic E-state index is 0.0525. The van der Waals surface area contributed by atoms with Gasteiger partial charge in [0.25, 0.3) is 0 Å². The van der Waals surface area contributed by atoms with Crippen LogP contribution in [-0.2, 0) is 4.79 Å². The average molecular weight is 265 g/mol. The average Bonchev–Trinajstić information content (AvgIpc) is 1.80. The molecule has 0 fully saturated rings. The van der Waals surface area contributed by atoms with Gasteiger partial charge in [-0.15, -0.1) is 0 Å². The van der Waals surface area contributed by atoms with Crippen LogP contribution in [0.3, 0.4) is 0 Å². The van der Waals surface area contributed by atoms with Crippen molar-refractivity contribution in [3.05, 3.63) is 0 Å². The standard InChI is InChI=1S/C6H8BrF3OS/c1-5(2,4(11)3-7)12-6(8,9)10/h3H2,1-2H3. The van der Waals surface area contributed by atoms with Gasteiger partial charge < -0.3 is 0 Å². The largest absolute Gasteiger partial charge is 0.442 e. The molecule has 0 aliphatic carbocycles. The lowest BCUT2D eigenvalue weighted by Gasteiger charge is -2.22. The van der Waals surface area contributed by atoms with Crippen LogP contribution in [0.2, 0.25) is 0 Å².